The Balaban J connectivity index is 1.95. The van der Waals surface area contributed by atoms with Crippen LogP contribution in [0.1, 0.15) is 61.1 Å². The van der Waals surface area contributed by atoms with Gasteiger partial charge in [0.1, 0.15) is 28.5 Å². The minimum atomic E-state index is -1.07. The number of nitrogens with two attached hydrogens (primary N) is 1. The summed E-state index contributed by atoms with van der Waals surface area (Å²) in [6, 6.07) is 1.45. The van der Waals surface area contributed by atoms with Crippen molar-refractivity contribution in [3.05, 3.63) is 51.9 Å². The second-order valence-corrected chi connectivity index (χ2v) is 10.7. The maximum Gasteiger partial charge on any atom is 0.260 e. The van der Waals surface area contributed by atoms with E-state index >= 15 is 4.39 Å². The van der Waals surface area contributed by atoms with E-state index < -0.39 is 22.9 Å². The van der Waals surface area contributed by atoms with Gasteiger partial charge >= 0.3 is 0 Å². The highest BCUT2D eigenvalue weighted by atomic mass is 35.5. The number of aryl methyl sites for hydroxylation is 1. The number of aliphatic hydroxyl groups excluding tert-OH is 1. The molecule has 3 radical (unpaired) electrons. The van der Waals surface area contributed by atoms with Gasteiger partial charge in [-0.2, -0.15) is 0 Å². The first-order valence-electron chi connectivity index (χ1n) is 11.4. The molecule has 1 amide bonds. The summed E-state index contributed by atoms with van der Waals surface area (Å²) >= 11 is 6.35. The second-order valence-electron chi connectivity index (χ2n) is 9.31. The summed E-state index contributed by atoms with van der Waals surface area (Å²) in [4.78, 5) is 23.9. The van der Waals surface area contributed by atoms with E-state index in [0.717, 1.165) is 0 Å². The molecule has 1 aromatic carbocycles. The maximum absolute atomic E-state index is 15.5. The van der Waals surface area contributed by atoms with E-state index in [4.69, 9.17) is 27.1 Å². The summed E-state index contributed by atoms with van der Waals surface area (Å²) in [6.45, 7) is 7.75. The summed E-state index contributed by atoms with van der Waals surface area (Å²) in [5.41, 5.74) is 7.56. The lowest BCUT2D eigenvalue weighted by Gasteiger charge is -2.33. The van der Waals surface area contributed by atoms with Crippen molar-refractivity contribution in [2.45, 2.75) is 57.8 Å². The lowest BCUT2D eigenvalue weighted by molar-refractivity contribution is 0.0464. The van der Waals surface area contributed by atoms with E-state index in [1.54, 1.807) is 30.6 Å². The van der Waals surface area contributed by atoms with Crippen molar-refractivity contribution in [3.8, 4) is 5.75 Å². The first-order valence-corrected chi connectivity index (χ1v) is 12.3. The number of amides is 1. The number of anilines is 1. The third kappa shape index (κ3) is 4.50. The number of nitrogen functional groups attached to an aromatic ring is 1. The normalized spacial score (nSPS) is 18.2. The molecule has 0 aliphatic carbocycles. The molecule has 3 heterocycles. The Labute approximate surface area is 211 Å². The number of β-amino-alcohol motifs (C(OH)–C–C–N with tert-alkyl or cyclic N) is 1. The number of halogens is 2. The summed E-state index contributed by atoms with van der Waals surface area (Å²) < 4.78 is 23.4. The van der Waals surface area contributed by atoms with Gasteiger partial charge in [-0.1, -0.05) is 18.5 Å². The molecule has 8 nitrogen and oxygen atoms in total. The van der Waals surface area contributed by atoms with Gasteiger partial charge in [0.25, 0.3) is 5.91 Å². The SMILES string of the molecule is Cc1nc([C@@](C)([Si])c2cc(Cl)c(F)c(C(=O)N3CCC[C@H](O)C3)c2OC(C)C)n2ccnc(N)c12. The highest BCUT2D eigenvalue weighted by Crippen LogP contribution is 2.42. The molecule has 3 aromatic rings. The predicted octanol–water partition coefficient (Wildman–Crippen LogP) is 3.23. The summed E-state index contributed by atoms with van der Waals surface area (Å²) in [6.07, 6.45) is 3.47. The van der Waals surface area contributed by atoms with Crippen LogP contribution in [-0.2, 0) is 5.04 Å². The number of ether oxygens (including phenoxy) is 1. The van der Waals surface area contributed by atoms with Gasteiger partial charge in [-0.3, -0.25) is 9.20 Å². The monoisotopic (exact) mass is 516 g/mol. The van der Waals surface area contributed by atoms with E-state index in [1.165, 1.54) is 11.0 Å². The Morgan fingerprint density at radius 3 is 2.83 bits per heavy atom. The molecule has 2 aromatic heterocycles. The molecule has 3 N–H and O–H groups in total. The molecule has 11 heteroatoms. The van der Waals surface area contributed by atoms with Crippen molar-refractivity contribution >= 4 is 39.1 Å². The largest absolute Gasteiger partial charge is 0.490 e. The van der Waals surface area contributed by atoms with Gasteiger partial charge in [0.05, 0.1) is 22.9 Å². The van der Waals surface area contributed by atoms with Crippen molar-refractivity contribution in [1.82, 2.24) is 19.3 Å². The highest BCUT2D eigenvalue weighted by molar-refractivity contribution is 6.31. The van der Waals surface area contributed by atoms with Crippen LogP contribution >= 0.6 is 11.6 Å². The molecule has 1 fully saturated rings. The number of nitrogens with zero attached hydrogens (tertiary/aromatic N) is 4. The average molecular weight is 517 g/mol. The van der Waals surface area contributed by atoms with Crippen molar-refractivity contribution < 1.29 is 19.0 Å². The molecule has 1 aliphatic rings. The third-order valence-corrected chi connectivity index (χ3v) is 6.93. The van der Waals surface area contributed by atoms with Crippen LogP contribution in [0.15, 0.2) is 18.5 Å². The minimum Gasteiger partial charge on any atom is -0.490 e. The van der Waals surface area contributed by atoms with Gasteiger partial charge < -0.3 is 20.5 Å². The Hall–Kier alpha value is -2.69. The summed E-state index contributed by atoms with van der Waals surface area (Å²) in [5, 5.41) is 8.80. The van der Waals surface area contributed by atoms with Gasteiger partial charge in [0, 0.05) is 46.3 Å². The zero-order valence-corrected chi connectivity index (χ0v) is 21.9. The number of aromatic nitrogens is 3. The number of hydrogen-bond donors (Lipinski definition) is 2. The van der Waals surface area contributed by atoms with Gasteiger partial charge in [-0.15, -0.1) is 0 Å². The predicted molar refractivity (Wildman–Crippen MR) is 133 cm³/mol. The summed E-state index contributed by atoms with van der Waals surface area (Å²) in [7, 11) is 3.84. The smallest absolute Gasteiger partial charge is 0.260 e. The molecule has 2 atom stereocenters. The molecular formula is C24H28ClFN5O3Si. The van der Waals surface area contributed by atoms with Gasteiger partial charge in [-0.25, -0.2) is 14.4 Å². The number of rotatable bonds is 5. The first kappa shape index (κ1) is 25.4. The molecule has 1 aliphatic heterocycles. The molecule has 0 spiro atoms. The number of benzene rings is 1. The molecule has 1 saturated heterocycles. The van der Waals surface area contributed by atoms with Crippen LogP contribution in [0.4, 0.5) is 10.2 Å². The number of hydrogen-bond acceptors (Lipinski definition) is 6. The van der Waals surface area contributed by atoms with E-state index in [0.29, 0.717) is 47.8 Å². The minimum absolute atomic E-state index is 0.0703. The quantitative estimate of drug-likeness (QED) is 0.504. The average Bonchev–Trinajstić information content (AvgIpc) is 3.14. The van der Waals surface area contributed by atoms with Crippen LogP contribution in [0.25, 0.3) is 5.52 Å². The van der Waals surface area contributed by atoms with Gasteiger partial charge in [0.15, 0.2) is 5.82 Å². The van der Waals surface area contributed by atoms with E-state index in [1.807, 2.05) is 13.8 Å². The van der Waals surface area contributed by atoms with Crippen molar-refractivity contribution in [2.75, 3.05) is 18.8 Å². The lowest BCUT2D eigenvalue weighted by atomic mass is 9.93. The zero-order valence-electron chi connectivity index (χ0n) is 20.1. The Morgan fingerprint density at radius 2 is 2.17 bits per heavy atom. The van der Waals surface area contributed by atoms with E-state index in [-0.39, 0.29) is 29.0 Å². The van der Waals surface area contributed by atoms with Crippen molar-refractivity contribution in [2.24, 2.45) is 0 Å². The number of carbonyl (C=O) groups is 1. The Kier molecular flexibility index (Phi) is 6.82. The van der Waals surface area contributed by atoms with E-state index in [9.17, 15) is 9.90 Å². The number of carbonyl (C=O) groups excluding carboxylic acids is 1. The lowest BCUT2D eigenvalue weighted by Crippen LogP contribution is -2.43. The zero-order chi connectivity index (χ0) is 25.7. The topological polar surface area (TPSA) is 106 Å². The van der Waals surface area contributed by atoms with Crippen LogP contribution in [0.5, 0.6) is 5.75 Å². The number of piperidine rings is 1. The van der Waals surface area contributed by atoms with Crippen molar-refractivity contribution in [1.29, 1.82) is 0 Å². The molecule has 0 saturated carbocycles. The standard InChI is InChI=1S/C24H28ClFN5O3Si/c1-12(2)34-20-15(24(4,35)23-29-13(3)19-21(27)28-7-9-31(19)23)10-16(25)18(26)17(20)22(33)30-8-5-6-14(32)11-30/h7,9-10,12,14,32H,5-6,8,11H2,1-4H3,(H2,27,28)/t14-,24-/m0/s1. The number of likely N-dealkylation sites (tertiary alicyclic amines) is 1. The Morgan fingerprint density at radius 1 is 1.46 bits per heavy atom. The highest BCUT2D eigenvalue weighted by Gasteiger charge is 2.38. The fourth-order valence-electron chi connectivity index (χ4n) is 4.54. The van der Waals surface area contributed by atoms with E-state index in [2.05, 4.69) is 15.2 Å². The molecule has 0 unspecified atom stereocenters. The van der Waals surface area contributed by atoms with Crippen LogP contribution in [0.3, 0.4) is 0 Å². The maximum atomic E-state index is 15.5. The number of aliphatic hydroxyl groups is 1. The Bertz CT molecular complexity index is 1300. The van der Waals surface area contributed by atoms with Crippen LogP contribution in [-0.4, -0.2) is 65.8 Å². The van der Waals surface area contributed by atoms with Crippen LogP contribution in [0.2, 0.25) is 5.02 Å². The fourth-order valence-corrected chi connectivity index (χ4v) is 5.11. The molecular weight excluding hydrogens is 489 g/mol. The molecule has 185 valence electrons. The third-order valence-electron chi connectivity index (χ3n) is 6.17. The van der Waals surface area contributed by atoms with Crippen LogP contribution < -0.4 is 10.5 Å². The fraction of sp³-hybridized carbons (Fsp3) is 0.458. The first-order chi connectivity index (χ1) is 16.4. The number of fused-ring (bicyclic) bond motifs is 1. The number of imidazole rings is 1. The molecule has 4 rings (SSSR count). The van der Waals surface area contributed by atoms with Gasteiger partial charge in [-0.05, 0) is 39.7 Å². The molecule has 35 heavy (non-hydrogen) atoms. The van der Waals surface area contributed by atoms with Crippen LogP contribution in [0, 0.1) is 12.7 Å². The second kappa shape index (κ2) is 9.40. The van der Waals surface area contributed by atoms with Gasteiger partial charge in [0.2, 0.25) is 0 Å². The van der Waals surface area contributed by atoms with Crippen molar-refractivity contribution in [3.63, 3.8) is 0 Å². The molecule has 0 bridgehead atoms. The summed E-state index contributed by atoms with van der Waals surface area (Å²) in [5.74, 6) is -0.529.